The van der Waals surface area contributed by atoms with E-state index in [1.807, 2.05) is 0 Å². The van der Waals surface area contributed by atoms with E-state index in [1.165, 1.54) is 13.8 Å². The first-order valence-corrected chi connectivity index (χ1v) is 6.48. The van der Waals surface area contributed by atoms with Crippen LogP contribution in [0.25, 0.3) is 0 Å². The average Bonchev–Trinajstić information content (AvgIpc) is 1.85. The van der Waals surface area contributed by atoms with Gasteiger partial charge in [-0.2, -0.15) is 0 Å². The van der Waals surface area contributed by atoms with E-state index in [1.54, 1.807) is 0 Å². The number of carboxylic acids is 1. The van der Waals surface area contributed by atoms with Crippen molar-refractivity contribution in [2.24, 2.45) is 5.73 Å². The number of hydrogen-bond donors (Lipinski definition) is 3. The molecule has 0 rings (SSSR count). The molecule has 72 valence electrons. The summed E-state index contributed by atoms with van der Waals surface area (Å²) < 4.78 is 11.2. The third kappa shape index (κ3) is 3.58. The van der Waals surface area contributed by atoms with E-state index < -0.39 is 23.6 Å². The van der Waals surface area contributed by atoms with Gasteiger partial charge in [-0.1, -0.05) is 11.4 Å². The van der Waals surface area contributed by atoms with E-state index in [9.17, 15) is 9.36 Å². The monoisotopic (exact) mass is 213 g/mol. The van der Waals surface area contributed by atoms with E-state index in [2.05, 4.69) is 0 Å². The predicted molar refractivity (Wildman–Crippen MR) is 48.2 cm³/mol. The first-order valence-electron chi connectivity index (χ1n) is 3.26. The maximum absolute atomic E-state index is 11.2. The molecule has 0 bridgehead atoms. The molecule has 0 aromatic rings. The molecule has 0 aliphatic heterocycles. The lowest BCUT2D eigenvalue weighted by Crippen LogP contribution is -2.17. The molecule has 3 atom stereocenters. The smallest absolute Gasteiger partial charge is 0.316 e. The van der Waals surface area contributed by atoms with Gasteiger partial charge in [0.2, 0.25) is 0 Å². The molecule has 7 heteroatoms. The van der Waals surface area contributed by atoms with Gasteiger partial charge in [-0.05, 0) is 13.8 Å². The van der Waals surface area contributed by atoms with E-state index in [4.69, 9.17) is 15.7 Å². The van der Waals surface area contributed by atoms with Gasteiger partial charge in [0.15, 0.2) is 0 Å². The van der Waals surface area contributed by atoms with Crippen LogP contribution in [0, 0.1) is 0 Å². The van der Waals surface area contributed by atoms with Crippen molar-refractivity contribution in [3.05, 3.63) is 0 Å². The van der Waals surface area contributed by atoms with E-state index in [0.717, 1.165) is 0 Å². The highest BCUT2D eigenvalue weighted by molar-refractivity contribution is 8.57. The van der Waals surface area contributed by atoms with Gasteiger partial charge in [-0.3, -0.25) is 9.36 Å². The van der Waals surface area contributed by atoms with Gasteiger partial charge >= 0.3 is 5.97 Å². The van der Waals surface area contributed by atoms with Crippen molar-refractivity contribution in [2.75, 3.05) is 0 Å². The van der Waals surface area contributed by atoms with Crippen LogP contribution in [0.3, 0.4) is 0 Å². The van der Waals surface area contributed by atoms with Gasteiger partial charge in [0, 0.05) is 0 Å². The minimum atomic E-state index is -3.56. The Labute approximate surface area is 74.5 Å². The lowest BCUT2D eigenvalue weighted by molar-refractivity contribution is -0.136. The maximum Gasteiger partial charge on any atom is 0.316 e. The molecule has 0 heterocycles. The van der Waals surface area contributed by atoms with Crippen molar-refractivity contribution in [1.82, 2.24) is 0 Å². The molecule has 0 saturated carbocycles. The van der Waals surface area contributed by atoms with Crippen molar-refractivity contribution in [3.63, 3.8) is 0 Å². The SMILES string of the molecule is CC(SP(=O)(O)C(C)N)C(=O)O. The summed E-state index contributed by atoms with van der Waals surface area (Å²) in [5.41, 5.74) is 5.19. The van der Waals surface area contributed by atoms with Crippen molar-refractivity contribution >= 4 is 23.9 Å². The summed E-state index contributed by atoms with van der Waals surface area (Å²) in [6, 6.07) is 0. The van der Waals surface area contributed by atoms with Gasteiger partial charge in [-0.25, -0.2) is 0 Å². The quantitative estimate of drug-likeness (QED) is 0.594. The van der Waals surface area contributed by atoms with Crippen LogP contribution >= 0.6 is 18.0 Å². The number of aliphatic carboxylic acids is 1. The number of hydrogen-bond acceptors (Lipinski definition) is 4. The first-order chi connectivity index (χ1) is 5.27. The highest BCUT2D eigenvalue weighted by Crippen LogP contribution is 2.58. The lowest BCUT2D eigenvalue weighted by Gasteiger charge is -2.16. The molecule has 0 aliphatic carbocycles. The standard InChI is InChI=1S/C5H12NO4PS/c1-3(5(7)8)12-11(9,10)4(2)6/h3-4H,6H2,1-2H3,(H,7,8)(H,9,10). The molecule has 4 N–H and O–H groups in total. The molecule has 3 unspecified atom stereocenters. The molecule has 0 spiro atoms. The first kappa shape index (κ1) is 12.0. The minimum Gasteiger partial charge on any atom is -0.480 e. The fraction of sp³-hybridized carbons (Fsp3) is 0.800. The third-order valence-corrected chi connectivity index (χ3v) is 5.87. The average molecular weight is 213 g/mol. The molecule has 0 aromatic heterocycles. The number of carboxylic acid groups (broad SMARTS) is 1. The lowest BCUT2D eigenvalue weighted by atomic mass is 10.5. The van der Waals surface area contributed by atoms with E-state index in [0.29, 0.717) is 11.4 Å². The molecule has 0 saturated heterocycles. The number of rotatable bonds is 4. The summed E-state index contributed by atoms with van der Waals surface area (Å²) in [6.45, 7) is -0.838. The Kier molecular flexibility index (Phi) is 4.26. The second kappa shape index (κ2) is 4.28. The molecule has 0 aromatic carbocycles. The zero-order valence-corrected chi connectivity index (χ0v) is 8.51. The van der Waals surface area contributed by atoms with Crippen LogP contribution in [0.4, 0.5) is 0 Å². The van der Waals surface area contributed by atoms with E-state index in [-0.39, 0.29) is 0 Å². The summed E-state index contributed by atoms with van der Waals surface area (Å²) in [6.07, 6.45) is 0. The van der Waals surface area contributed by atoms with Gasteiger partial charge in [0.25, 0.3) is 6.57 Å². The molecule has 0 fully saturated rings. The zero-order chi connectivity index (χ0) is 9.94. The maximum atomic E-state index is 11.2. The predicted octanol–water partition coefficient (Wildman–Crippen LogP) is 0.683. The Morgan fingerprint density at radius 2 is 2.00 bits per heavy atom. The summed E-state index contributed by atoms with van der Waals surface area (Å²) in [7, 11) is 0. The van der Waals surface area contributed by atoms with Crippen molar-refractivity contribution < 1.29 is 19.4 Å². The second-order valence-corrected chi connectivity index (χ2v) is 7.45. The second-order valence-electron chi connectivity index (χ2n) is 2.39. The van der Waals surface area contributed by atoms with Crippen LogP contribution in [0.2, 0.25) is 0 Å². The highest BCUT2D eigenvalue weighted by Gasteiger charge is 2.30. The molecular formula is C5H12NO4PS. The Morgan fingerprint density at radius 3 is 2.25 bits per heavy atom. The molecule has 0 aliphatic rings. The molecular weight excluding hydrogens is 201 g/mol. The fourth-order valence-corrected chi connectivity index (χ4v) is 3.31. The normalized spacial score (nSPS) is 21.0. The summed E-state index contributed by atoms with van der Waals surface area (Å²) in [5, 5.41) is 7.52. The largest absolute Gasteiger partial charge is 0.480 e. The van der Waals surface area contributed by atoms with Crippen molar-refractivity contribution in [1.29, 1.82) is 0 Å². The van der Waals surface area contributed by atoms with Crippen LogP contribution in [-0.4, -0.2) is 27.0 Å². The summed E-state index contributed by atoms with van der Waals surface area (Å²) >= 11 is 0.505. The van der Waals surface area contributed by atoms with Crippen molar-refractivity contribution in [2.45, 2.75) is 24.9 Å². The molecule has 0 amide bonds. The van der Waals surface area contributed by atoms with Gasteiger partial charge in [-0.15, -0.1) is 0 Å². The van der Waals surface area contributed by atoms with Gasteiger partial charge in [0.05, 0.1) is 5.78 Å². The summed E-state index contributed by atoms with van der Waals surface area (Å²) in [4.78, 5) is 19.4. The zero-order valence-electron chi connectivity index (χ0n) is 6.80. The Morgan fingerprint density at radius 1 is 1.58 bits per heavy atom. The molecule has 5 nitrogen and oxygen atoms in total. The van der Waals surface area contributed by atoms with Gasteiger partial charge in [0.1, 0.15) is 5.25 Å². The van der Waals surface area contributed by atoms with Crippen LogP contribution in [0.1, 0.15) is 13.8 Å². The fourth-order valence-electron chi connectivity index (χ4n) is 0.368. The topological polar surface area (TPSA) is 101 Å². The third-order valence-electron chi connectivity index (χ3n) is 1.17. The van der Waals surface area contributed by atoms with Crippen LogP contribution < -0.4 is 5.73 Å². The Hall–Kier alpha value is -0.0300. The van der Waals surface area contributed by atoms with Crippen molar-refractivity contribution in [3.8, 4) is 0 Å². The molecule has 0 radical (unpaired) electrons. The van der Waals surface area contributed by atoms with Gasteiger partial charge < -0.3 is 15.7 Å². The Bertz CT molecular complexity index is 219. The Balaban J connectivity index is 4.25. The van der Waals surface area contributed by atoms with Crippen LogP contribution in [0.5, 0.6) is 0 Å². The van der Waals surface area contributed by atoms with Crippen LogP contribution in [0.15, 0.2) is 0 Å². The number of carbonyl (C=O) groups is 1. The highest BCUT2D eigenvalue weighted by atomic mass is 32.7. The minimum absolute atomic E-state index is 0.505. The van der Waals surface area contributed by atoms with E-state index >= 15 is 0 Å². The van der Waals surface area contributed by atoms with Crippen LogP contribution in [-0.2, 0) is 9.36 Å². The number of nitrogens with two attached hydrogens (primary N) is 1. The molecule has 12 heavy (non-hydrogen) atoms. The summed E-state index contributed by atoms with van der Waals surface area (Å²) in [5.74, 6) is -2.01.